The molecule has 1 aromatic carbocycles. The molecule has 2 aromatic rings. The summed E-state index contributed by atoms with van der Waals surface area (Å²) in [4.78, 5) is 4.09. The number of hydrogen-bond donors (Lipinski definition) is 2. The minimum atomic E-state index is 0.0451. The van der Waals surface area contributed by atoms with Crippen LogP contribution in [-0.4, -0.2) is 16.1 Å². The van der Waals surface area contributed by atoms with Crippen molar-refractivity contribution in [2.24, 2.45) is 12.8 Å². The summed E-state index contributed by atoms with van der Waals surface area (Å²) in [6, 6.07) is 7.60. The fourth-order valence-electron chi connectivity index (χ4n) is 1.70. The summed E-state index contributed by atoms with van der Waals surface area (Å²) < 4.78 is 1.96. The first kappa shape index (κ1) is 12.0. The third-order valence-corrected chi connectivity index (χ3v) is 2.88. The standard InChI is InChI=1S/C12H15ClN4/c1-17-8-15-7-12(17)11(6-14)16-10-4-2-9(13)3-5-10/h2-5,7-8,11,16H,6,14H2,1H3. The molecule has 17 heavy (non-hydrogen) atoms. The van der Waals surface area contributed by atoms with Gasteiger partial charge < -0.3 is 15.6 Å². The zero-order valence-electron chi connectivity index (χ0n) is 9.60. The second kappa shape index (κ2) is 5.21. The Bertz CT molecular complexity index is 478. The van der Waals surface area contributed by atoms with Gasteiger partial charge in [0.2, 0.25) is 0 Å². The quantitative estimate of drug-likeness (QED) is 0.875. The van der Waals surface area contributed by atoms with E-state index in [0.717, 1.165) is 16.4 Å². The van der Waals surface area contributed by atoms with Crippen molar-refractivity contribution >= 4 is 17.3 Å². The number of imidazole rings is 1. The summed E-state index contributed by atoms with van der Waals surface area (Å²) in [5.74, 6) is 0. The normalized spacial score (nSPS) is 12.4. The fraction of sp³-hybridized carbons (Fsp3) is 0.250. The van der Waals surface area contributed by atoms with Gasteiger partial charge in [0.25, 0.3) is 0 Å². The van der Waals surface area contributed by atoms with Crippen molar-refractivity contribution in [3.05, 3.63) is 47.5 Å². The Morgan fingerprint density at radius 2 is 2.12 bits per heavy atom. The lowest BCUT2D eigenvalue weighted by Crippen LogP contribution is -2.22. The summed E-state index contributed by atoms with van der Waals surface area (Å²) in [5.41, 5.74) is 7.83. The molecule has 0 aliphatic carbocycles. The third-order valence-electron chi connectivity index (χ3n) is 2.63. The van der Waals surface area contributed by atoms with Crippen LogP contribution in [0, 0.1) is 0 Å². The van der Waals surface area contributed by atoms with E-state index >= 15 is 0 Å². The van der Waals surface area contributed by atoms with E-state index in [1.165, 1.54) is 0 Å². The number of benzene rings is 1. The molecule has 0 aliphatic rings. The molecular weight excluding hydrogens is 236 g/mol. The zero-order chi connectivity index (χ0) is 12.3. The van der Waals surface area contributed by atoms with Crippen LogP contribution in [0.3, 0.4) is 0 Å². The SMILES string of the molecule is Cn1cncc1C(CN)Nc1ccc(Cl)cc1. The van der Waals surface area contributed by atoms with Crippen LogP contribution in [0.4, 0.5) is 5.69 Å². The van der Waals surface area contributed by atoms with Gasteiger partial charge in [-0.1, -0.05) is 11.6 Å². The molecule has 0 aliphatic heterocycles. The average molecular weight is 251 g/mol. The van der Waals surface area contributed by atoms with Crippen molar-refractivity contribution in [3.8, 4) is 0 Å². The smallest absolute Gasteiger partial charge is 0.0946 e. The molecule has 1 aromatic heterocycles. The largest absolute Gasteiger partial charge is 0.375 e. The second-order valence-corrected chi connectivity index (χ2v) is 4.31. The van der Waals surface area contributed by atoms with Crippen LogP contribution in [0.5, 0.6) is 0 Å². The summed E-state index contributed by atoms with van der Waals surface area (Å²) >= 11 is 5.84. The molecule has 1 atom stereocenters. The highest BCUT2D eigenvalue weighted by molar-refractivity contribution is 6.30. The van der Waals surface area contributed by atoms with Crippen molar-refractivity contribution in [2.45, 2.75) is 6.04 Å². The highest BCUT2D eigenvalue weighted by Crippen LogP contribution is 2.19. The maximum Gasteiger partial charge on any atom is 0.0946 e. The van der Waals surface area contributed by atoms with Gasteiger partial charge in [-0.3, -0.25) is 0 Å². The van der Waals surface area contributed by atoms with Crippen molar-refractivity contribution in [2.75, 3.05) is 11.9 Å². The number of aromatic nitrogens is 2. The van der Waals surface area contributed by atoms with Crippen LogP contribution in [-0.2, 0) is 7.05 Å². The topological polar surface area (TPSA) is 55.9 Å². The van der Waals surface area contributed by atoms with Gasteiger partial charge in [0.15, 0.2) is 0 Å². The molecule has 90 valence electrons. The van der Waals surface area contributed by atoms with Gasteiger partial charge in [-0.15, -0.1) is 0 Å². The van der Waals surface area contributed by atoms with Gasteiger partial charge in [0.05, 0.1) is 24.3 Å². The van der Waals surface area contributed by atoms with Crippen molar-refractivity contribution in [3.63, 3.8) is 0 Å². The molecule has 4 nitrogen and oxygen atoms in total. The van der Waals surface area contributed by atoms with E-state index in [2.05, 4.69) is 10.3 Å². The Kier molecular flexibility index (Phi) is 3.66. The molecule has 0 spiro atoms. The van der Waals surface area contributed by atoms with Crippen LogP contribution in [0.25, 0.3) is 0 Å². The number of nitrogens with zero attached hydrogens (tertiary/aromatic N) is 2. The molecule has 1 heterocycles. The lowest BCUT2D eigenvalue weighted by Gasteiger charge is -2.18. The lowest BCUT2D eigenvalue weighted by atomic mass is 10.2. The van der Waals surface area contributed by atoms with Crippen LogP contribution in [0.2, 0.25) is 5.02 Å². The highest BCUT2D eigenvalue weighted by atomic mass is 35.5. The summed E-state index contributed by atoms with van der Waals surface area (Å²) in [5, 5.41) is 4.08. The zero-order valence-corrected chi connectivity index (χ0v) is 10.4. The van der Waals surface area contributed by atoms with E-state index in [1.807, 2.05) is 42.1 Å². The minimum absolute atomic E-state index is 0.0451. The molecule has 0 saturated carbocycles. The van der Waals surface area contributed by atoms with E-state index in [1.54, 1.807) is 6.33 Å². The maximum atomic E-state index is 5.84. The van der Waals surface area contributed by atoms with Gasteiger partial charge >= 0.3 is 0 Å². The lowest BCUT2D eigenvalue weighted by molar-refractivity contribution is 0.706. The summed E-state index contributed by atoms with van der Waals surface area (Å²) in [6.07, 6.45) is 3.59. The number of nitrogens with one attached hydrogen (secondary N) is 1. The van der Waals surface area contributed by atoms with Crippen molar-refractivity contribution in [1.82, 2.24) is 9.55 Å². The van der Waals surface area contributed by atoms with E-state index in [0.29, 0.717) is 6.54 Å². The summed E-state index contributed by atoms with van der Waals surface area (Å²) in [7, 11) is 1.95. The van der Waals surface area contributed by atoms with E-state index in [9.17, 15) is 0 Å². The molecule has 0 saturated heterocycles. The van der Waals surface area contributed by atoms with Gasteiger partial charge in [-0.25, -0.2) is 4.98 Å². The van der Waals surface area contributed by atoms with Gasteiger partial charge in [-0.2, -0.15) is 0 Å². The Balaban J connectivity index is 2.16. The van der Waals surface area contributed by atoms with E-state index in [-0.39, 0.29) is 6.04 Å². The van der Waals surface area contributed by atoms with Crippen molar-refractivity contribution < 1.29 is 0 Å². The monoisotopic (exact) mass is 250 g/mol. The van der Waals surface area contributed by atoms with Gasteiger partial charge in [-0.05, 0) is 24.3 Å². The molecule has 0 fully saturated rings. The van der Waals surface area contributed by atoms with Crippen molar-refractivity contribution in [1.29, 1.82) is 0 Å². The third kappa shape index (κ3) is 2.78. The van der Waals surface area contributed by atoms with Crippen LogP contribution in [0.15, 0.2) is 36.8 Å². The number of halogens is 1. The average Bonchev–Trinajstić information content (AvgIpc) is 2.75. The molecule has 5 heteroatoms. The molecule has 1 unspecified atom stereocenters. The first-order chi connectivity index (χ1) is 8.20. The van der Waals surface area contributed by atoms with Gasteiger partial charge in [0.1, 0.15) is 0 Å². The van der Waals surface area contributed by atoms with Crippen LogP contribution in [0.1, 0.15) is 11.7 Å². The van der Waals surface area contributed by atoms with E-state index < -0.39 is 0 Å². The minimum Gasteiger partial charge on any atom is -0.375 e. The maximum absolute atomic E-state index is 5.84. The molecular formula is C12H15ClN4. The molecule has 0 amide bonds. The van der Waals surface area contributed by atoms with E-state index in [4.69, 9.17) is 17.3 Å². The number of anilines is 1. The Morgan fingerprint density at radius 1 is 1.41 bits per heavy atom. The fourth-order valence-corrected chi connectivity index (χ4v) is 1.83. The Labute approximate surface area is 105 Å². The second-order valence-electron chi connectivity index (χ2n) is 3.87. The highest BCUT2D eigenvalue weighted by Gasteiger charge is 2.12. The Hall–Kier alpha value is -1.52. The van der Waals surface area contributed by atoms with Gasteiger partial charge in [0, 0.05) is 24.3 Å². The molecule has 0 bridgehead atoms. The predicted molar refractivity (Wildman–Crippen MR) is 70.1 cm³/mol. The Morgan fingerprint density at radius 3 is 2.65 bits per heavy atom. The van der Waals surface area contributed by atoms with Crippen LogP contribution >= 0.6 is 11.6 Å². The predicted octanol–water partition coefficient (Wildman–Crippen LogP) is 2.19. The number of aryl methyl sites for hydroxylation is 1. The number of hydrogen-bond acceptors (Lipinski definition) is 3. The van der Waals surface area contributed by atoms with Crippen LogP contribution < -0.4 is 11.1 Å². The first-order valence-electron chi connectivity index (χ1n) is 5.39. The summed E-state index contributed by atoms with van der Waals surface area (Å²) in [6.45, 7) is 0.502. The number of nitrogens with two attached hydrogens (primary N) is 1. The molecule has 0 radical (unpaired) electrons. The molecule has 3 N–H and O–H groups in total. The number of rotatable bonds is 4. The molecule has 2 rings (SSSR count). The first-order valence-corrected chi connectivity index (χ1v) is 5.77.